The van der Waals surface area contributed by atoms with Gasteiger partial charge in [-0.3, -0.25) is 0 Å². The molecule has 1 saturated carbocycles. The molecule has 2 aromatic heterocycles. The number of ether oxygens (including phenoxy) is 1. The number of aryl methyl sites for hydroxylation is 2. The fourth-order valence-corrected chi connectivity index (χ4v) is 2.79. The van der Waals surface area contributed by atoms with Crippen LogP contribution < -0.4 is 4.74 Å². The van der Waals surface area contributed by atoms with Crippen molar-refractivity contribution in [1.82, 2.24) is 15.0 Å². The van der Waals surface area contributed by atoms with Crippen LogP contribution >= 0.6 is 11.6 Å². The van der Waals surface area contributed by atoms with Gasteiger partial charge in [-0.15, -0.1) is 0 Å². The van der Waals surface area contributed by atoms with Gasteiger partial charge in [-0.1, -0.05) is 0 Å². The molecule has 0 aliphatic heterocycles. The number of nitrogens with zero attached hydrogens (tertiary/aromatic N) is 3. The van der Waals surface area contributed by atoms with E-state index in [1.165, 1.54) is 0 Å². The van der Waals surface area contributed by atoms with Crippen LogP contribution in [0.15, 0.2) is 6.07 Å². The van der Waals surface area contributed by atoms with Gasteiger partial charge in [0.2, 0.25) is 11.2 Å². The Morgan fingerprint density at radius 3 is 2.57 bits per heavy atom. The molecule has 0 atom stereocenters. The van der Waals surface area contributed by atoms with Gasteiger partial charge in [-0.05, 0) is 55.8 Å². The van der Waals surface area contributed by atoms with Gasteiger partial charge in [0.25, 0.3) is 0 Å². The summed E-state index contributed by atoms with van der Waals surface area (Å²) in [6, 6.07) is 1.85. The molecule has 0 saturated heterocycles. The number of hydrogen-bond acceptors (Lipinski definition) is 4. The number of alkyl halides is 3. The Bertz CT molecular complexity index is 745. The summed E-state index contributed by atoms with van der Waals surface area (Å²) in [4.78, 5) is 12.4. The average Bonchev–Trinajstić information content (AvgIpc) is 2.37. The van der Waals surface area contributed by atoms with Gasteiger partial charge in [0.15, 0.2) is 5.65 Å². The molecule has 1 aliphatic carbocycles. The lowest BCUT2D eigenvalue weighted by Gasteiger charge is -2.36. The van der Waals surface area contributed by atoms with Crippen LogP contribution in [0.2, 0.25) is 5.28 Å². The first-order valence-electron chi connectivity index (χ1n) is 7.25. The third-order valence-electron chi connectivity index (χ3n) is 4.22. The van der Waals surface area contributed by atoms with E-state index in [0.29, 0.717) is 11.0 Å². The molecule has 124 valence electrons. The molecule has 2 heterocycles. The van der Waals surface area contributed by atoms with E-state index in [9.17, 15) is 13.2 Å². The molecule has 0 unspecified atom stereocenters. The SMILES string of the molecule is Cc1cc2c(OC[C@H]3C[C@@H](C(F)(F)F)C3)nc(Cl)nc2nc1C. The van der Waals surface area contributed by atoms with Crippen molar-refractivity contribution < 1.29 is 17.9 Å². The smallest absolute Gasteiger partial charge is 0.391 e. The fraction of sp³-hybridized carbons (Fsp3) is 0.533. The zero-order valence-electron chi connectivity index (χ0n) is 12.6. The van der Waals surface area contributed by atoms with Crippen molar-refractivity contribution in [3.05, 3.63) is 22.6 Å². The normalized spacial score (nSPS) is 21.3. The van der Waals surface area contributed by atoms with E-state index in [-0.39, 0.29) is 36.5 Å². The van der Waals surface area contributed by atoms with Crippen LogP contribution in [-0.4, -0.2) is 27.7 Å². The number of fused-ring (bicyclic) bond motifs is 1. The summed E-state index contributed by atoms with van der Waals surface area (Å²) >= 11 is 5.87. The lowest BCUT2D eigenvalue weighted by molar-refractivity contribution is -0.206. The van der Waals surface area contributed by atoms with E-state index >= 15 is 0 Å². The fourth-order valence-electron chi connectivity index (χ4n) is 2.64. The molecule has 0 radical (unpaired) electrons. The summed E-state index contributed by atoms with van der Waals surface area (Å²) in [5.41, 5.74) is 2.20. The first-order valence-corrected chi connectivity index (χ1v) is 7.63. The molecule has 3 rings (SSSR count). The molecule has 8 heteroatoms. The Kier molecular flexibility index (Phi) is 4.08. The van der Waals surface area contributed by atoms with Gasteiger partial charge in [0.1, 0.15) is 0 Å². The Hall–Kier alpha value is -1.63. The zero-order chi connectivity index (χ0) is 16.8. The molecule has 0 N–H and O–H groups in total. The number of halogens is 4. The number of aromatic nitrogens is 3. The molecule has 23 heavy (non-hydrogen) atoms. The van der Waals surface area contributed by atoms with E-state index in [1.54, 1.807) is 0 Å². The van der Waals surface area contributed by atoms with E-state index < -0.39 is 12.1 Å². The van der Waals surface area contributed by atoms with Crippen LogP contribution in [0.1, 0.15) is 24.1 Å². The van der Waals surface area contributed by atoms with Crippen molar-refractivity contribution in [2.45, 2.75) is 32.9 Å². The average molecular weight is 346 g/mol. The number of rotatable bonds is 3. The molecule has 2 aromatic rings. The van der Waals surface area contributed by atoms with Crippen molar-refractivity contribution in [2.24, 2.45) is 11.8 Å². The number of pyridine rings is 1. The van der Waals surface area contributed by atoms with Crippen molar-refractivity contribution in [2.75, 3.05) is 6.61 Å². The largest absolute Gasteiger partial charge is 0.477 e. The van der Waals surface area contributed by atoms with Crippen LogP contribution in [-0.2, 0) is 0 Å². The standard InChI is InChI=1S/C15H15ClF3N3O/c1-7-3-11-12(20-8(7)2)21-14(16)22-13(11)23-6-9-4-10(5-9)15(17,18)19/h3,9-10H,4-6H2,1-2H3/t9-,10+. The van der Waals surface area contributed by atoms with E-state index in [2.05, 4.69) is 15.0 Å². The second kappa shape index (κ2) is 5.78. The molecule has 1 fully saturated rings. The third-order valence-corrected chi connectivity index (χ3v) is 4.39. The summed E-state index contributed by atoms with van der Waals surface area (Å²) in [6.45, 7) is 3.94. The van der Waals surface area contributed by atoms with Crippen molar-refractivity contribution in [3.8, 4) is 5.88 Å². The Morgan fingerprint density at radius 1 is 1.22 bits per heavy atom. The minimum Gasteiger partial charge on any atom is -0.477 e. The lowest BCUT2D eigenvalue weighted by Crippen LogP contribution is -2.38. The van der Waals surface area contributed by atoms with Gasteiger partial charge < -0.3 is 4.74 Å². The first kappa shape index (κ1) is 16.2. The molecule has 1 aliphatic rings. The highest BCUT2D eigenvalue weighted by atomic mass is 35.5. The molecule has 0 bridgehead atoms. The maximum Gasteiger partial charge on any atom is 0.391 e. The summed E-state index contributed by atoms with van der Waals surface area (Å²) in [5.74, 6) is -1.07. The molecular formula is C15H15ClF3N3O. The van der Waals surface area contributed by atoms with Crippen LogP contribution in [0, 0.1) is 25.7 Å². The minimum absolute atomic E-state index is 0.00466. The Morgan fingerprint density at radius 2 is 1.91 bits per heavy atom. The summed E-state index contributed by atoms with van der Waals surface area (Å²) in [5, 5.41) is 0.620. The molecule has 0 spiro atoms. The van der Waals surface area contributed by atoms with Crippen LogP contribution in [0.5, 0.6) is 5.88 Å². The van der Waals surface area contributed by atoms with Crippen molar-refractivity contribution >= 4 is 22.6 Å². The molecule has 0 amide bonds. The summed E-state index contributed by atoms with van der Waals surface area (Å²) < 4.78 is 43.1. The second-order valence-electron chi connectivity index (χ2n) is 5.95. The van der Waals surface area contributed by atoms with Gasteiger partial charge in [-0.25, -0.2) is 4.98 Å². The highest BCUT2D eigenvalue weighted by Crippen LogP contribution is 2.44. The number of hydrogen-bond donors (Lipinski definition) is 0. The van der Waals surface area contributed by atoms with Gasteiger partial charge in [0.05, 0.1) is 17.9 Å². The monoisotopic (exact) mass is 345 g/mol. The molecule has 0 aromatic carbocycles. The Labute approximate surface area is 136 Å². The van der Waals surface area contributed by atoms with Gasteiger partial charge >= 0.3 is 6.18 Å². The molecular weight excluding hydrogens is 331 g/mol. The van der Waals surface area contributed by atoms with Crippen molar-refractivity contribution in [1.29, 1.82) is 0 Å². The zero-order valence-corrected chi connectivity index (χ0v) is 13.4. The Balaban J connectivity index is 1.75. The second-order valence-corrected chi connectivity index (χ2v) is 6.28. The minimum atomic E-state index is -4.11. The van der Waals surface area contributed by atoms with Crippen molar-refractivity contribution in [3.63, 3.8) is 0 Å². The van der Waals surface area contributed by atoms with Crippen LogP contribution in [0.3, 0.4) is 0 Å². The highest BCUT2D eigenvalue weighted by molar-refractivity contribution is 6.28. The predicted molar refractivity (Wildman–Crippen MR) is 79.6 cm³/mol. The lowest BCUT2D eigenvalue weighted by atomic mass is 9.75. The highest BCUT2D eigenvalue weighted by Gasteiger charge is 2.47. The van der Waals surface area contributed by atoms with Crippen LogP contribution in [0.25, 0.3) is 11.0 Å². The van der Waals surface area contributed by atoms with Gasteiger partial charge in [0, 0.05) is 5.69 Å². The first-order chi connectivity index (χ1) is 10.7. The maximum absolute atomic E-state index is 12.5. The predicted octanol–water partition coefficient (Wildman–Crippen LogP) is 4.26. The summed E-state index contributed by atoms with van der Waals surface area (Å²) in [6.07, 6.45) is -3.92. The van der Waals surface area contributed by atoms with E-state index in [4.69, 9.17) is 16.3 Å². The topological polar surface area (TPSA) is 47.9 Å². The van der Waals surface area contributed by atoms with Gasteiger partial charge in [-0.2, -0.15) is 23.1 Å². The maximum atomic E-state index is 12.5. The van der Waals surface area contributed by atoms with Crippen LogP contribution in [0.4, 0.5) is 13.2 Å². The quantitative estimate of drug-likeness (QED) is 0.780. The third kappa shape index (κ3) is 3.34. The summed E-state index contributed by atoms with van der Waals surface area (Å²) in [7, 11) is 0. The molecule has 4 nitrogen and oxygen atoms in total. The van der Waals surface area contributed by atoms with E-state index in [1.807, 2.05) is 19.9 Å². The van der Waals surface area contributed by atoms with E-state index in [0.717, 1.165) is 11.3 Å².